The number of para-hydroxylation sites is 1. The zero-order chi connectivity index (χ0) is 19.0. The normalized spacial score (nSPS) is 17.2. The summed E-state index contributed by atoms with van der Waals surface area (Å²) >= 11 is 0. The molecule has 5 heteroatoms. The van der Waals surface area contributed by atoms with Crippen LogP contribution in [0.2, 0.25) is 0 Å². The molecule has 1 heterocycles. The monoisotopic (exact) mass is 360 g/mol. The number of hydrogen-bond acceptors (Lipinski definition) is 3. The van der Waals surface area contributed by atoms with Gasteiger partial charge in [0.2, 0.25) is 0 Å². The highest BCUT2D eigenvalue weighted by atomic mass is 16.5. The van der Waals surface area contributed by atoms with E-state index in [-0.39, 0.29) is 5.60 Å². The molecule has 5 nitrogen and oxygen atoms in total. The summed E-state index contributed by atoms with van der Waals surface area (Å²) in [4.78, 5) is 7.18. The van der Waals surface area contributed by atoms with Crippen LogP contribution < -0.4 is 15.4 Å². The minimum atomic E-state index is -0.212. The van der Waals surface area contributed by atoms with Gasteiger partial charge in [-0.1, -0.05) is 18.2 Å². The molecule has 1 saturated heterocycles. The van der Waals surface area contributed by atoms with Crippen LogP contribution in [0.4, 0.5) is 0 Å². The van der Waals surface area contributed by atoms with Gasteiger partial charge in [0.05, 0.1) is 6.54 Å². The Labute approximate surface area is 159 Å². The maximum absolute atomic E-state index is 6.08. The summed E-state index contributed by atoms with van der Waals surface area (Å²) in [5.74, 6) is 2.53. The van der Waals surface area contributed by atoms with E-state index < -0.39 is 0 Å². The number of nitrogens with one attached hydrogen (secondary N) is 2. The Hall–Kier alpha value is -1.75. The third-order valence-electron chi connectivity index (χ3n) is 4.54. The summed E-state index contributed by atoms with van der Waals surface area (Å²) in [6.45, 7) is 13.1. The van der Waals surface area contributed by atoms with E-state index in [4.69, 9.17) is 9.73 Å². The van der Waals surface area contributed by atoms with Crippen LogP contribution in [-0.4, -0.2) is 49.7 Å². The number of hydrogen-bond donors (Lipinski definition) is 2. The third-order valence-corrected chi connectivity index (χ3v) is 4.54. The second kappa shape index (κ2) is 9.81. The van der Waals surface area contributed by atoms with Crippen molar-refractivity contribution in [3.8, 4) is 5.75 Å². The zero-order valence-corrected chi connectivity index (χ0v) is 17.1. The molecule has 26 heavy (non-hydrogen) atoms. The van der Waals surface area contributed by atoms with Gasteiger partial charge in [-0.3, -0.25) is 0 Å². The molecular formula is C21H36N4O. The number of piperidine rings is 1. The lowest BCUT2D eigenvalue weighted by Gasteiger charge is -2.29. The highest BCUT2D eigenvalue weighted by Gasteiger charge is 2.17. The SMILES string of the molecule is CCNC(=NCc1ccccc1OC(C)(C)C)NCC1CCN(C)CC1. The minimum absolute atomic E-state index is 0.212. The molecule has 0 atom stereocenters. The van der Waals surface area contributed by atoms with Gasteiger partial charge >= 0.3 is 0 Å². The van der Waals surface area contributed by atoms with Crippen molar-refractivity contribution in [2.45, 2.75) is 52.7 Å². The molecular weight excluding hydrogens is 324 g/mol. The molecule has 0 spiro atoms. The lowest BCUT2D eigenvalue weighted by molar-refractivity contribution is 0.129. The number of benzene rings is 1. The molecule has 0 aliphatic carbocycles. The van der Waals surface area contributed by atoms with Gasteiger partial charge in [-0.15, -0.1) is 0 Å². The number of rotatable bonds is 6. The quantitative estimate of drug-likeness (QED) is 0.604. The van der Waals surface area contributed by atoms with Crippen LogP contribution in [0.5, 0.6) is 5.75 Å². The molecule has 2 N–H and O–H groups in total. The van der Waals surface area contributed by atoms with Gasteiger partial charge in [0.25, 0.3) is 0 Å². The summed E-state index contributed by atoms with van der Waals surface area (Å²) < 4.78 is 6.08. The van der Waals surface area contributed by atoms with Gasteiger partial charge < -0.3 is 20.3 Å². The number of aliphatic imine (C=N–C) groups is 1. The molecule has 0 bridgehead atoms. The summed E-state index contributed by atoms with van der Waals surface area (Å²) in [6, 6.07) is 8.16. The van der Waals surface area contributed by atoms with Crippen molar-refractivity contribution in [1.82, 2.24) is 15.5 Å². The van der Waals surface area contributed by atoms with Crippen molar-refractivity contribution in [3.63, 3.8) is 0 Å². The standard InChI is InChI=1S/C21H36N4O/c1-6-22-20(23-15-17-11-13-25(5)14-12-17)24-16-18-9-7-8-10-19(18)26-21(2,3)4/h7-10,17H,6,11-16H2,1-5H3,(H2,22,23,24). The second-order valence-electron chi connectivity index (χ2n) is 8.14. The van der Waals surface area contributed by atoms with Gasteiger partial charge in [0, 0.05) is 18.7 Å². The lowest BCUT2D eigenvalue weighted by atomic mass is 9.97. The van der Waals surface area contributed by atoms with Gasteiger partial charge in [0.1, 0.15) is 11.4 Å². The largest absolute Gasteiger partial charge is 0.488 e. The molecule has 0 aromatic heterocycles. The van der Waals surface area contributed by atoms with Crippen LogP contribution in [0.1, 0.15) is 46.1 Å². The maximum atomic E-state index is 6.08. The van der Waals surface area contributed by atoms with Crippen LogP contribution in [-0.2, 0) is 6.54 Å². The van der Waals surface area contributed by atoms with E-state index in [1.807, 2.05) is 18.2 Å². The fraction of sp³-hybridized carbons (Fsp3) is 0.667. The highest BCUT2D eigenvalue weighted by molar-refractivity contribution is 5.79. The molecule has 0 amide bonds. The summed E-state index contributed by atoms with van der Waals surface area (Å²) in [6.07, 6.45) is 2.51. The molecule has 146 valence electrons. The first kappa shape index (κ1) is 20.6. The van der Waals surface area contributed by atoms with E-state index in [2.05, 4.69) is 56.3 Å². The topological polar surface area (TPSA) is 48.9 Å². The minimum Gasteiger partial charge on any atom is -0.488 e. The molecule has 1 aliphatic heterocycles. The summed E-state index contributed by atoms with van der Waals surface area (Å²) in [5, 5.41) is 6.88. The maximum Gasteiger partial charge on any atom is 0.191 e. The highest BCUT2D eigenvalue weighted by Crippen LogP contribution is 2.23. The van der Waals surface area contributed by atoms with Gasteiger partial charge in [-0.2, -0.15) is 0 Å². The summed E-state index contributed by atoms with van der Waals surface area (Å²) in [5.41, 5.74) is 0.899. The van der Waals surface area contributed by atoms with Crippen molar-refractivity contribution in [2.75, 3.05) is 33.2 Å². The van der Waals surface area contributed by atoms with E-state index in [0.717, 1.165) is 36.3 Å². The predicted octanol–water partition coefficient (Wildman–Crippen LogP) is 3.26. The van der Waals surface area contributed by atoms with E-state index in [1.54, 1.807) is 0 Å². The first-order valence-electron chi connectivity index (χ1n) is 9.85. The van der Waals surface area contributed by atoms with Crippen molar-refractivity contribution < 1.29 is 4.74 Å². The Kier molecular flexibility index (Phi) is 7.76. The van der Waals surface area contributed by atoms with E-state index in [0.29, 0.717) is 6.54 Å². The fourth-order valence-corrected chi connectivity index (χ4v) is 3.08. The van der Waals surface area contributed by atoms with Crippen LogP contribution >= 0.6 is 0 Å². The Bertz CT molecular complexity index is 572. The van der Waals surface area contributed by atoms with Crippen molar-refractivity contribution in [1.29, 1.82) is 0 Å². The fourth-order valence-electron chi connectivity index (χ4n) is 3.08. The third kappa shape index (κ3) is 7.24. The van der Waals surface area contributed by atoms with Gasteiger partial charge in [0.15, 0.2) is 5.96 Å². The zero-order valence-electron chi connectivity index (χ0n) is 17.1. The van der Waals surface area contributed by atoms with Crippen molar-refractivity contribution >= 4 is 5.96 Å². The molecule has 1 fully saturated rings. The second-order valence-corrected chi connectivity index (χ2v) is 8.14. The first-order valence-corrected chi connectivity index (χ1v) is 9.85. The Balaban J connectivity index is 1.96. The number of likely N-dealkylation sites (tertiary alicyclic amines) is 1. The average Bonchev–Trinajstić information content (AvgIpc) is 2.58. The van der Waals surface area contributed by atoms with Crippen LogP contribution in [0.3, 0.4) is 0 Å². The smallest absolute Gasteiger partial charge is 0.191 e. The number of guanidine groups is 1. The molecule has 1 aliphatic rings. The van der Waals surface area contributed by atoms with Crippen LogP contribution in [0.25, 0.3) is 0 Å². The van der Waals surface area contributed by atoms with E-state index in [1.165, 1.54) is 25.9 Å². The van der Waals surface area contributed by atoms with Crippen LogP contribution in [0, 0.1) is 5.92 Å². The Morgan fingerprint density at radius 3 is 2.54 bits per heavy atom. The number of nitrogens with zero attached hydrogens (tertiary/aromatic N) is 2. The molecule has 0 radical (unpaired) electrons. The molecule has 0 unspecified atom stereocenters. The van der Waals surface area contributed by atoms with E-state index >= 15 is 0 Å². The van der Waals surface area contributed by atoms with Crippen molar-refractivity contribution in [2.24, 2.45) is 10.9 Å². The predicted molar refractivity (Wildman–Crippen MR) is 110 cm³/mol. The molecule has 1 aromatic rings. The van der Waals surface area contributed by atoms with Crippen LogP contribution in [0.15, 0.2) is 29.3 Å². The van der Waals surface area contributed by atoms with Crippen molar-refractivity contribution in [3.05, 3.63) is 29.8 Å². The number of ether oxygens (including phenoxy) is 1. The Morgan fingerprint density at radius 1 is 1.19 bits per heavy atom. The lowest BCUT2D eigenvalue weighted by Crippen LogP contribution is -2.42. The average molecular weight is 361 g/mol. The van der Waals surface area contributed by atoms with Gasteiger partial charge in [-0.05, 0) is 72.7 Å². The molecule has 0 saturated carbocycles. The van der Waals surface area contributed by atoms with E-state index in [9.17, 15) is 0 Å². The summed E-state index contributed by atoms with van der Waals surface area (Å²) in [7, 11) is 2.20. The van der Waals surface area contributed by atoms with Gasteiger partial charge in [-0.25, -0.2) is 4.99 Å². The first-order chi connectivity index (χ1) is 12.4. The molecule has 1 aromatic carbocycles. The Morgan fingerprint density at radius 2 is 1.88 bits per heavy atom. The molecule has 2 rings (SSSR count).